The molecule has 236 valence electrons. The van der Waals surface area contributed by atoms with E-state index in [9.17, 15) is 39.2 Å². The summed E-state index contributed by atoms with van der Waals surface area (Å²) in [6.07, 6.45) is -7.31. The number of esters is 4. The minimum Gasteiger partial charge on any atom is -0.463 e. The molecule has 0 aliphatic carbocycles. The Bertz CT molecular complexity index is 1390. The maximum atomic E-state index is 12.1. The highest BCUT2D eigenvalue weighted by atomic mass is 16.7. The number of non-ortho nitro benzene ring substituents is 1. The molecule has 0 radical (unpaired) electrons. The number of hydrogen-bond donors (Lipinski definition) is 1. The number of nitro groups is 1. The molecule has 1 saturated heterocycles. The molecule has 0 amide bonds. The van der Waals surface area contributed by atoms with Gasteiger partial charge in [-0.05, 0) is 17.7 Å². The van der Waals surface area contributed by atoms with Crippen molar-refractivity contribution < 1.29 is 67.2 Å². The Morgan fingerprint density at radius 2 is 1.39 bits per heavy atom. The van der Waals surface area contributed by atoms with Gasteiger partial charge in [0.25, 0.3) is 5.69 Å². The minimum absolute atomic E-state index is 0.0156. The topological polar surface area (TPSA) is 213 Å². The Morgan fingerprint density at radius 1 is 0.818 bits per heavy atom. The highest BCUT2D eigenvalue weighted by Gasteiger charge is 2.60. The van der Waals surface area contributed by atoms with Crippen LogP contribution in [0.15, 0.2) is 48.5 Å². The summed E-state index contributed by atoms with van der Waals surface area (Å²) in [7, 11) is 0. The smallest absolute Gasteiger partial charge is 0.463 e. The number of aliphatic hydroxyl groups is 1. The molecule has 44 heavy (non-hydrogen) atoms. The first kappa shape index (κ1) is 33.4. The Morgan fingerprint density at radius 3 is 1.91 bits per heavy atom. The second-order valence-corrected chi connectivity index (χ2v) is 9.42. The van der Waals surface area contributed by atoms with E-state index < -0.39 is 71.8 Å². The van der Waals surface area contributed by atoms with Gasteiger partial charge in [-0.15, -0.1) is 0 Å². The number of carbonyl (C=O) groups excluding carboxylic acids is 5. The van der Waals surface area contributed by atoms with Gasteiger partial charge in [0.1, 0.15) is 25.1 Å². The van der Waals surface area contributed by atoms with Gasteiger partial charge in [0.05, 0.1) is 4.92 Å². The predicted molar refractivity (Wildman–Crippen MR) is 142 cm³/mol. The monoisotopic (exact) mass is 619 g/mol. The summed E-state index contributed by atoms with van der Waals surface area (Å²) in [5.41, 5.74) is 0.194. The molecule has 0 bridgehead atoms. The SMILES string of the molecule is CC(=O)OC[C@H]1O[C@@](O)(c2ccc(COC(=O)Oc3ccc([N+](=O)[O-])cc3)cc2)[C@@H](OC(C)=O)[C@@H](OC(C)=O)[C@@H]1OC(C)=O. The van der Waals surface area contributed by atoms with Crippen LogP contribution in [0.3, 0.4) is 0 Å². The van der Waals surface area contributed by atoms with Gasteiger partial charge in [-0.3, -0.25) is 29.3 Å². The Kier molecular flexibility index (Phi) is 10.9. The van der Waals surface area contributed by atoms with Crippen LogP contribution >= 0.6 is 0 Å². The zero-order valence-electron chi connectivity index (χ0n) is 24.0. The molecular formula is C28H29NO15. The lowest BCUT2D eigenvalue weighted by Crippen LogP contribution is -2.66. The van der Waals surface area contributed by atoms with E-state index in [0.717, 1.165) is 39.8 Å². The molecule has 1 aliphatic heterocycles. The highest BCUT2D eigenvalue weighted by molar-refractivity contribution is 5.69. The normalized spacial score (nSPS) is 22.6. The fraction of sp³-hybridized carbons (Fsp3) is 0.393. The standard InChI is InChI=1S/C28H29NO15/c1-15(30)38-14-23-24(40-16(2)31)25(41-17(3)32)26(42-18(4)33)28(35,44-23)20-7-5-19(6-8-20)13-39-27(34)43-22-11-9-21(10-12-22)29(36)37/h5-12,23-26,35H,13-14H2,1-4H3/t23-,24-,25+,26+,28+/m1/s1. The Hall–Kier alpha value is -5.09. The van der Waals surface area contributed by atoms with E-state index in [1.165, 1.54) is 36.4 Å². The van der Waals surface area contributed by atoms with Crippen LogP contribution in [0.2, 0.25) is 0 Å². The average Bonchev–Trinajstić information content (AvgIpc) is 2.94. The summed E-state index contributed by atoms with van der Waals surface area (Å²) in [5.74, 6) is -5.82. The summed E-state index contributed by atoms with van der Waals surface area (Å²) in [5, 5.41) is 22.6. The molecule has 1 heterocycles. The minimum atomic E-state index is -2.53. The quantitative estimate of drug-likeness (QED) is 0.133. The molecular weight excluding hydrogens is 590 g/mol. The molecule has 16 heteroatoms. The van der Waals surface area contributed by atoms with Crippen molar-refractivity contribution in [1.29, 1.82) is 0 Å². The zero-order valence-corrected chi connectivity index (χ0v) is 24.0. The number of carbonyl (C=O) groups is 5. The molecule has 3 rings (SSSR count). The van der Waals surface area contributed by atoms with E-state index in [-0.39, 0.29) is 23.6 Å². The van der Waals surface area contributed by atoms with Gasteiger partial charge < -0.3 is 38.3 Å². The first-order chi connectivity index (χ1) is 20.7. The van der Waals surface area contributed by atoms with Crippen LogP contribution in [-0.4, -0.2) is 71.1 Å². The number of nitro benzene ring substituents is 1. The lowest BCUT2D eigenvalue weighted by molar-refractivity contribution is -0.384. The summed E-state index contributed by atoms with van der Waals surface area (Å²) in [6, 6.07) is 10.3. The van der Waals surface area contributed by atoms with Crippen molar-refractivity contribution in [2.75, 3.05) is 6.61 Å². The zero-order chi connectivity index (χ0) is 32.6. The van der Waals surface area contributed by atoms with Crippen molar-refractivity contribution in [3.8, 4) is 5.75 Å². The molecule has 0 unspecified atom stereocenters. The van der Waals surface area contributed by atoms with Crippen molar-refractivity contribution in [3.63, 3.8) is 0 Å². The molecule has 2 aromatic carbocycles. The second-order valence-electron chi connectivity index (χ2n) is 9.42. The van der Waals surface area contributed by atoms with E-state index in [2.05, 4.69) is 0 Å². The maximum absolute atomic E-state index is 12.1. The Balaban J connectivity index is 1.85. The largest absolute Gasteiger partial charge is 0.514 e. The van der Waals surface area contributed by atoms with Crippen LogP contribution in [0.25, 0.3) is 0 Å². The highest BCUT2D eigenvalue weighted by Crippen LogP contribution is 2.41. The molecule has 0 aromatic heterocycles. The van der Waals surface area contributed by atoms with Gasteiger partial charge >= 0.3 is 30.0 Å². The lowest BCUT2D eigenvalue weighted by Gasteiger charge is -2.48. The van der Waals surface area contributed by atoms with E-state index >= 15 is 0 Å². The molecule has 16 nitrogen and oxygen atoms in total. The molecule has 5 atom stereocenters. The van der Waals surface area contributed by atoms with Crippen molar-refractivity contribution in [1.82, 2.24) is 0 Å². The van der Waals surface area contributed by atoms with E-state index in [0.29, 0.717) is 5.56 Å². The number of hydrogen-bond acceptors (Lipinski definition) is 15. The summed E-state index contributed by atoms with van der Waals surface area (Å²) in [6.45, 7) is 3.43. The van der Waals surface area contributed by atoms with Crippen molar-refractivity contribution >= 4 is 35.7 Å². The fourth-order valence-corrected chi connectivity index (χ4v) is 4.26. The predicted octanol–water partition coefficient (Wildman–Crippen LogP) is 2.21. The van der Waals surface area contributed by atoms with Crippen molar-refractivity contribution in [2.24, 2.45) is 0 Å². The van der Waals surface area contributed by atoms with Crippen LogP contribution in [0.4, 0.5) is 10.5 Å². The van der Waals surface area contributed by atoms with Gasteiger partial charge in [-0.2, -0.15) is 0 Å². The molecule has 0 saturated carbocycles. The number of nitrogens with zero attached hydrogens (tertiary/aromatic N) is 1. The van der Waals surface area contributed by atoms with Crippen LogP contribution in [-0.2, 0) is 60.0 Å². The van der Waals surface area contributed by atoms with Gasteiger partial charge in [0, 0.05) is 45.4 Å². The maximum Gasteiger partial charge on any atom is 0.514 e. The first-order valence-electron chi connectivity index (χ1n) is 12.9. The molecule has 2 aromatic rings. The van der Waals surface area contributed by atoms with Gasteiger partial charge in [-0.25, -0.2) is 4.79 Å². The number of ether oxygens (including phenoxy) is 7. The third-order valence-electron chi connectivity index (χ3n) is 6.03. The van der Waals surface area contributed by atoms with Crippen LogP contribution < -0.4 is 4.74 Å². The summed E-state index contributed by atoms with van der Waals surface area (Å²) < 4.78 is 36.9. The summed E-state index contributed by atoms with van der Waals surface area (Å²) in [4.78, 5) is 69.8. The van der Waals surface area contributed by atoms with Gasteiger partial charge in [0.2, 0.25) is 11.9 Å². The van der Waals surface area contributed by atoms with Crippen LogP contribution in [0, 0.1) is 10.1 Å². The molecule has 1 N–H and O–H groups in total. The van der Waals surface area contributed by atoms with Crippen LogP contribution in [0.5, 0.6) is 5.75 Å². The number of benzene rings is 2. The third kappa shape index (κ3) is 8.71. The lowest BCUT2D eigenvalue weighted by atomic mass is 9.87. The average molecular weight is 620 g/mol. The van der Waals surface area contributed by atoms with E-state index in [4.69, 9.17) is 33.2 Å². The van der Waals surface area contributed by atoms with Crippen molar-refractivity contribution in [3.05, 3.63) is 69.8 Å². The molecule has 1 aliphatic rings. The summed E-state index contributed by atoms with van der Waals surface area (Å²) >= 11 is 0. The Labute approximate surface area is 249 Å². The molecule has 0 spiro atoms. The number of rotatable bonds is 10. The van der Waals surface area contributed by atoms with Crippen molar-refractivity contribution in [2.45, 2.75) is 64.5 Å². The first-order valence-corrected chi connectivity index (χ1v) is 12.9. The second kappa shape index (κ2) is 14.4. The van der Waals surface area contributed by atoms with E-state index in [1.807, 2.05) is 0 Å². The van der Waals surface area contributed by atoms with Crippen LogP contribution in [0.1, 0.15) is 38.8 Å². The molecule has 1 fully saturated rings. The fourth-order valence-electron chi connectivity index (χ4n) is 4.26. The third-order valence-corrected chi connectivity index (χ3v) is 6.03. The van der Waals surface area contributed by atoms with Gasteiger partial charge in [-0.1, -0.05) is 24.3 Å². The van der Waals surface area contributed by atoms with Gasteiger partial charge in [0.15, 0.2) is 12.2 Å². The van der Waals surface area contributed by atoms with E-state index in [1.54, 1.807) is 0 Å².